The second-order valence-electron chi connectivity index (χ2n) is 4.33. The van der Waals surface area contributed by atoms with Crippen LogP contribution in [0.4, 0.5) is 5.69 Å². The highest BCUT2D eigenvalue weighted by Gasteiger charge is 2.00. The van der Waals surface area contributed by atoms with Gasteiger partial charge >= 0.3 is 0 Å². The molecule has 0 bridgehead atoms. The van der Waals surface area contributed by atoms with Crippen LogP contribution in [0, 0.1) is 6.92 Å². The van der Waals surface area contributed by atoms with Crippen LogP contribution in [-0.2, 0) is 13.2 Å². The first-order valence-electron chi connectivity index (χ1n) is 5.91. The molecular formula is C15H17NO2. The van der Waals surface area contributed by atoms with Gasteiger partial charge < -0.3 is 15.5 Å². The average Bonchev–Trinajstić information content (AvgIpc) is 2.38. The number of aryl methyl sites for hydroxylation is 1. The lowest BCUT2D eigenvalue weighted by Gasteiger charge is -2.11. The molecule has 2 aromatic rings. The maximum atomic E-state index is 9.39. The third kappa shape index (κ3) is 3.02. The number of aromatic hydroxyl groups is 1. The van der Waals surface area contributed by atoms with Crippen molar-refractivity contribution >= 4 is 5.69 Å². The summed E-state index contributed by atoms with van der Waals surface area (Å²) >= 11 is 0. The molecule has 2 rings (SSSR count). The smallest absolute Gasteiger partial charge is 0.115 e. The van der Waals surface area contributed by atoms with Gasteiger partial charge in [-0.25, -0.2) is 0 Å². The van der Waals surface area contributed by atoms with Gasteiger partial charge in [0, 0.05) is 12.2 Å². The molecule has 0 radical (unpaired) electrons. The van der Waals surface area contributed by atoms with Gasteiger partial charge in [0.05, 0.1) is 6.61 Å². The van der Waals surface area contributed by atoms with E-state index >= 15 is 0 Å². The molecule has 0 aliphatic rings. The van der Waals surface area contributed by atoms with Crippen molar-refractivity contribution in [1.29, 1.82) is 0 Å². The van der Waals surface area contributed by atoms with E-state index in [4.69, 9.17) is 5.11 Å². The predicted octanol–water partition coefficient (Wildman–Crippen LogP) is 2.81. The predicted molar refractivity (Wildman–Crippen MR) is 72.5 cm³/mol. The van der Waals surface area contributed by atoms with Gasteiger partial charge in [-0.3, -0.25) is 0 Å². The van der Waals surface area contributed by atoms with Crippen LogP contribution in [0.3, 0.4) is 0 Å². The normalized spacial score (nSPS) is 10.3. The van der Waals surface area contributed by atoms with E-state index in [1.807, 2.05) is 37.3 Å². The number of rotatable bonds is 4. The zero-order valence-corrected chi connectivity index (χ0v) is 10.4. The number of nitrogens with one attached hydrogen (secondary N) is 1. The molecule has 0 fully saturated rings. The summed E-state index contributed by atoms with van der Waals surface area (Å²) in [6.07, 6.45) is 0. The fourth-order valence-corrected chi connectivity index (χ4v) is 1.82. The second kappa shape index (κ2) is 5.56. The molecule has 0 amide bonds. The van der Waals surface area contributed by atoms with Crippen molar-refractivity contribution in [3.63, 3.8) is 0 Å². The maximum Gasteiger partial charge on any atom is 0.115 e. The van der Waals surface area contributed by atoms with Gasteiger partial charge in [0.2, 0.25) is 0 Å². The van der Waals surface area contributed by atoms with E-state index in [0.717, 1.165) is 22.4 Å². The van der Waals surface area contributed by atoms with E-state index in [1.54, 1.807) is 12.1 Å². The van der Waals surface area contributed by atoms with Crippen LogP contribution in [0.1, 0.15) is 16.7 Å². The highest BCUT2D eigenvalue weighted by molar-refractivity contribution is 5.53. The number of hydrogen-bond acceptors (Lipinski definition) is 3. The van der Waals surface area contributed by atoms with Crippen molar-refractivity contribution < 1.29 is 10.2 Å². The number of aliphatic hydroxyl groups excluding tert-OH is 1. The van der Waals surface area contributed by atoms with Gasteiger partial charge in [-0.15, -0.1) is 0 Å². The zero-order valence-electron chi connectivity index (χ0n) is 10.4. The van der Waals surface area contributed by atoms with E-state index in [9.17, 15) is 5.11 Å². The van der Waals surface area contributed by atoms with E-state index in [1.165, 1.54) is 0 Å². The lowest BCUT2D eigenvalue weighted by atomic mass is 10.1. The van der Waals surface area contributed by atoms with Crippen LogP contribution in [0.5, 0.6) is 5.75 Å². The highest BCUT2D eigenvalue weighted by atomic mass is 16.3. The molecule has 3 nitrogen and oxygen atoms in total. The molecule has 0 saturated heterocycles. The average molecular weight is 243 g/mol. The zero-order chi connectivity index (χ0) is 13.0. The van der Waals surface area contributed by atoms with Crippen LogP contribution >= 0.6 is 0 Å². The fourth-order valence-electron chi connectivity index (χ4n) is 1.82. The fraction of sp³-hybridized carbons (Fsp3) is 0.200. The highest BCUT2D eigenvalue weighted by Crippen LogP contribution is 2.19. The molecule has 0 aromatic heterocycles. The summed E-state index contributed by atoms with van der Waals surface area (Å²) in [5.41, 5.74) is 4.04. The molecular weight excluding hydrogens is 226 g/mol. The number of aliphatic hydroxyl groups is 1. The SMILES string of the molecule is Cc1ccc(CO)cc1NCc1cccc(O)c1. The summed E-state index contributed by atoms with van der Waals surface area (Å²) in [5, 5.41) is 21.8. The van der Waals surface area contributed by atoms with Crippen LogP contribution in [-0.4, -0.2) is 10.2 Å². The summed E-state index contributed by atoms with van der Waals surface area (Å²) in [5.74, 6) is 0.273. The van der Waals surface area contributed by atoms with Crippen LogP contribution in [0.2, 0.25) is 0 Å². The summed E-state index contributed by atoms with van der Waals surface area (Å²) in [6.45, 7) is 2.71. The van der Waals surface area contributed by atoms with E-state index in [-0.39, 0.29) is 12.4 Å². The van der Waals surface area contributed by atoms with Crippen LogP contribution < -0.4 is 5.32 Å². The molecule has 3 N–H and O–H groups in total. The molecule has 0 saturated carbocycles. The Kier molecular flexibility index (Phi) is 3.85. The standard InChI is InChI=1S/C15H17NO2/c1-11-5-6-13(10-17)8-15(11)16-9-12-3-2-4-14(18)7-12/h2-8,16-18H,9-10H2,1H3. The van der Waals surface area contributed by atoms with Crippen molar-refractivity contribution in [2.45, 2.75) is 20.1 Å². The quantitative estimate of drug-likeness (QED) is 0.774. The maximum absolute atomic E-state index is 9.39. The van der Waals surface area contributed by atoms with E-state index in [2.05, 4.69) is 5.32 Å². The number of hydrogen-bond donors (Lipinski definition) is 3. The largest absolute Gasteiger partial charge is 0.508 e. The third-order valence-electron chi connectivity index (χ3n) is 2.88. The van der Waals surface area contributed by atoms with Crippen molar-refractivity contribution in [1.82, 2.24) is 0 Å². The van der Waals surface area contributed by atoms with Gasteiger partial charge in [-0.2, -0.15) is 0 Å². The molecule has 94 valence electrons. The van der Waals surface area contributed by atoms with Gasteiger partial charge in [0.1, 0.15) is 5.75 Å². The molecule has 0 heterocycles. The first kappa shape index (κ1) is 12.5. The Balaban J connectivity index is 2.10. The summed E-state index contributed by atoms with van der Waals surface area (Å²) in [6, 6.07) is 13.0. The number of phenolic OH excluding ortho intramolecular Hbond substituents is 1. The Hall–Kier alpha value is -2.00. The van der Waals surface area contributed by atoms with Crippen LogP contribution in [0.25, 0.3) is 0 Å². The Bertz CT molecular complexity index is 538. The van der Waals surface area contributed by atoms with Gasteiger partial charge in [-0.05, 0) is 41.8 Å². The number of benzene rings is 2. The Labute approximate surface area is 107 Å². The molecule has 0 spiro atoms. The monoisotopic (exact) mass is 243 g/mol. The molecule has 0 unspecified atom stereocenters. The van der Waals surface area contributed by atoms with Crippen molar-refractivity contribution in [3.8, 4) is 5.75 Å². The molecule has 2 aromatic carbocycles. The summed E-state index contributed by atoms with van der Waals surface area (Å²) < 4.78 is 0. The topological polar surface area (TPSA) is 52.5 Å². The van der Waals surface area contributed by atoms with Crippen molar-refractivity contribution in [2.24, 2.45) is 0 Å². The molecule has 18 heavy (non-hydrogen) atoms. The number of anilines is 1. The first-order chi connectivity index (χ1) is 8.69. The lowest BCUT2D eigenvalue weighted by molar-refractivity contribution is 0.282. The molecule has 0 aliphatic carbocycles. The minimum Gasteiger partial charge on any atom is -0.508 e. The Morgan fingerprint density at radius 1 is 1.06 bits per heavy atom. The summed E-state index contributed by atoms with van der Waals surface area (Å²) in [7, 11) is 0. The third-order valence-corrected chi connectivity index (χ3v) is 2.88. The minimum atomic E-state index is 0.0427. The van der Waals surface area contributed by atoms with Crippen LogP contribution in [0.15, 0.2) is 42.5 Å². The Morgan fingerprint density at radius 3 is 2.61 bits per heavy atom. The van der Waals surface area contributed by atoms with Crippen molar-refractivity contribution in [3.05, 3.63) is 59.2 Å². The molecule has 3 heteroatoms. The first-order valence-corrected chi connectivity index (χ1v) is 5.91. The van der Waals surface area contributed by atoms with Gasteiger partial charge in [0.15, 0.2) is 0 Å². The van der Waals surface area contributed by atoms with Gasteiger partial charge in [0.25, 0.3) is 0 Å². The Morgan fingerprint density at radius 2 is 1.89 bits per heavy atom. The van der Waals surface area contributed by atoms with Gasteiger partial charge in [-0.1, -0.05) is 24.3 Å². The second-order valence-corrected chi connectivity index (χ2v) is 4.33. The summed E-state index contributed by atoms with van der Waals surface area (Å²) in [4.78, 5) is 0. The van der Waals surface area contributed by atoms with Crippen molar-refractivity contribution in [2.75, 3.05) is 5.32 Å². The molecule has 0 aliphatic heterocycles. The minimum absolute atomic E-state index is 0.0427. The van der Waals surface area contributed by atoms with E-state index < -0.39 is 0 Å². The molecule has 0 atom stereocenters. The lowest BCUT2D eigenvalue weighted by Crippen LogP contribution is -2.01. The van der Waals surface area contributed by atoms with E-state index in [0.29, 0.717) is 6.54 Å². The number of phenols is 1.